The van der Waals surface area contributed by atoms with Gasteiger partial charge in [0, 0.05) is 50.4 Å². The van der Waals surface area contributed by atoms with Crippen molar-refractivity contribution in [2.24, 2.45) is 5.92 Å². The molecule has 0 radical (unpaired) electrons. The zero-order valence-electron chi connectivity index (χ0n) is 21.3. The molecule has 1 N–H and O–H groups in total. The Morgan fingerprint density at radius 2 is 1.86 bits per heavy atom. The molecular weight excluding hydrogens is 440 g/mol. The highest BCUT2D eigenvalue weighted by atomic mass is 16.5. The quantitative estimate of drug-likeness (QED) is 0.647. The second kappa shape index (κ2) is 11.3. The molecule has 2 heterocycles. The summed E-state index contributed by atoms with van der Waals surface area (Å²) in [5.41, 5.74) is 0.602. The van der Waals surface area contributed by atoms with Gasteiger partial charge in [-0.2, -0.15) is 0 Å². The van der Waals surface area contributed by atoms with Gasteiger partial charge in [-0.15, -0.1) is 0 Å². The van der Waals surface area contributed by atoms with Gasteiger partial charge in [-0.3, -0.25) is 14.5 Å². The minimum Gasteiger partial charge on any atom is -0.497 e. The number of carbonyl (C=O) groups is 2. The highest BCUT2D eigenvalue weighted by molar-refractivity contribution is 5.98. The van der Waals surface area contributed by atoms with Crippen LogP contribution in [0.5, 0.6) is 5.75 Å². The molecule has 2 atom stereocenters. The van der Waals surface area contributed by atoms with Crippen LogP contribution in [0.4, 0.5) is 0 Å². The van der Waals surface area contributed by atoms with Crippen LogP contribution in [0, 0.1) is 5.92 Å². The maximum Gasteiger partial charge on any atom is 0.254 e. The summed E-state index contributed by atoms with van der Waals surface area (Å²) in [6, 6.07) is 7.87. The normalized spacial score (nSPS) is 26.1. The van der Waals surface area contributed by atoms with Gasteiger partial charge in [-0.1, -0.05) is 25.3 Å². The first-order valence-electron chi connectivity index (χ1n) is 13.8. The van der Waals surface area contributed by atoms with E-state index in [0.717, 1.165) is 51.5 Å². The average molecular weight is 483 g/mol. The number of ether oxygens (including phenoxy) is 1. The molecule has 192 valence electrons. The molecule has 2 unspecified atom stereocenters. The maximum absolute atomic E-state index is 13.8. The molecule has 7 nitrogen and oxygen atoms in total. The summed E-state index contributed by atoms with van der Waals surface area (Å²) in [5, 5.41) is 3.39. The van der Waals surface area contributed by atoms with E-state index in [1.165, 1.54) is 44.9 Å². The summed E-state index contributed by atoms with van der Waals surface area (Å²) >= 11 is 0. The molecule has 0 bridgehead atoms. The van der Waals surface area contributed by atoms with Crippen molar-refractivity contribution in [1.82, 2.24) is 20.0 Å². The summed E-state index contributed by atoms with van der Waals surface area (Å²) in [4.78, 5) is 34.2. The van der Waals surface area contributed by atoms with Crippen LogP contribution in [-0.4, -0.2) is 91.0 Å². The Kier molecular flexibility index (Phi) is 7.93. The topological polar surface area (TPSA) is 65.1 Å². The Hall–Kier alpha value is -2.12. The lowest BCUT2D eigenvalue weighted by Crippen LogP contribution is -2.48. The first-order chi connectivity index (χ1) is 17.1. The largest absolute Gasteiger partial charge is 0.497 e. The van der Waals surface area contributed by atoms with Crippen molar-refractivity contribution >= 4 is 11.8 Å². The molecule has 1 aromatic rings. The van der Waals surface area contributed by atoms with Crippen LogP contribution < -0.4 is 10.1 Å². The minimum absolute atomic E-state index is 0.0499. The van der Waals surface area contributed by atoms with Crippen molar-refractivity contribution in [3.05, 3.63) is 29.8 Å². The number of hydrogen-bond acceptors (Lipinski definition) is 5. The number of methoxy groups -OCH3 is 1. The fourth-order valence-corrected chi connectivity index (χ4v) is 6.38. The van der Waals surface area contributed by atoms with Gasteiger partial charge in [0.1, 0.15) is 11.8 Å². The van der Waals surface area contributed by atoms with Gasteiger partial charge in [0.05, 0.1) is 7.11 Å². The minimum atomic E-state index is -0.385. The third kappa shape index (κ3) is 5.83. The lowest BCUT2D eigenvalue weighted by molar-refractivity contribution is -0.135. The summed E-state index contributed by atoms with van der Waals surface area (Å²) in [5.74, 6) is 1.51. The van der Waals surface area contributed by atoms with Crippen LogP contribution in [0.15, 0.2) is 24.3 Å². The van der Waals surface area contributed by atoms with E-state index < -0.39 is 0 Å². The standard InChI is InChI=1S/C28H42N4O3/c1-35-25-10-5-9-22(17-25)27(33)32-20-24(18-26(32)28(34)30-15-6-13-29-14-16-30)31(23-11-12-23)19-21-7-3-2-4-8-21/h5,9-10,17,21,23-24,26,29H,2-4,6-8,11-16,18-20H2,1H3. The molecule has 2 amide bonds. The summed E-state index contributed by atoms with van der Waals surface area (Å²) in [7, 11) is 1.62. The molecular formula is C28H42N4O3. The van der Waals surface area contributed by atoms with E-state index in [2.05, 4.69) is 10.2 Å². The van der Waals surface area contributed by atoms with E-state index in [1.807, 2.05) is 28.0 Å². The summed E-state index contributed by atoms with van der Waals surface area (Å²) < 4.78 is 5.37. The molecule has 4 fully saturated rings. The van der Waals surface area contributed by atoms with E-state index in [-0.39, 0.29) is 23.9 Å². The van der Waals surface area contributed by atoms with E-state index >= 15 is 0 Å². The van der Waals surface area contributed by atoms with Gasteiger partial charge in [0.15, 0.2) is 0 Å². The number of amides is 2. The Bertz CT molecular complexity index is 875. The first kappa shape index (κ1) is 24.6. The van der Waals surface area contributed by atoms with E-state index in [4.69, 9.17) is 4.74 Å². The van der Waals surface area contributed by atoms with E-state index in [1.54, 1.807) is 13.2 Å². The predicted octanol–water partition coefficient (Wildman–Crippen LogP) is 3.14. The van der Waals surface area contributed by atoms with Gasteiger partial charge in [-0.25, -0.2) is 0 Å². The number of hydrogen-bond donors (Lipinski definition) is 1. The number of rotatable bonds is 7. The van der Waals surface area contributed by atoms with Crippen LogP contribution >= 0.6 is 0 Å². The van der Waals surface area contributed by atoms with Gasteiger partial charge in [-0.05, 0) is 69.2 Å². The highest BCUT2D eigenvalue weighted by Crippen LogP contribution is 2.37. The number of nitrogens with zero attached hydrogens (tertiary/aromatic N) is 3. The first-order valence-corrected chi connectivity index (χ1v) is 13.8. The van der Waals surface area contributed by atoms with Crippen LogP contribution in [0.2, 0.25) is 0 Å². The molecule has 2 saturated carbocycles. The lowest BCUT2D eigenvalue weighted by atomic mass is 9.88. The molecule has 0 aromatic heterocycles. The van der Waals surface area contributed by atoms with Crippen molar-refractivity contribution < 1.29 is 14.3 Å². The highest BCUT2D eigenvalue weighted by Gasteiger charge is 2.46. The van der Waals surface area contributed by atoms with Crippen molar-refractivity contribution in [3.63, 3.8) is 0 Å². The van der Waals surface area contributed by atoms with Crippen molar-refractivity contribution in [3.8, 4) is 5.75 Å². The summed E-state index contributed by atoms with van der Waals surface area (Å²) in [6.07, 6.45) is 10.9. The van der Waals surface area contributed by atoms with Crippen LogP contribution in [0.1, 0.15) is 68.1 Å². The third-order valence-corrected chi connectivity index (χ3v) is 8.47. The second-order valence-electron chi connectivity index (χ2n) is 11.0. The van der Waals surface area contributed by atoms with Crippen molar-refractivity contribution in [2.45, 2.75) is 75.9 Å². The molecule has 35 heavy (non-hydrogen) atoms. The van der Waals surface area contributed by atoms with Gasteiger partial charge >= 0.3 is 0 Å². The van der Waals surface area contributed by atoms with Crippen LogP contribution in [0.3, 0.4) is 0 Å². The number of nitrogens with one attached hydrogen (secondary N) is 1. The zero-order chi connectivity index (χ0) is 24.2. The van der Waals surface area contributed by atoms with Crippen LogP contribution in [0.25, 0.3) is 0 Å². The fraction of sp³-hybridized carbons (Fsp3) is 0.714. The third-order valence-electron chi connectivity index (χ3n) is 8.47. The maximum atomic E-state index is 13.8. The second-order valence-corrected chi connectivity index (χ2v) is 11.0. The summed E-state index contributed by atoms with van der Waals surface area (Å²) in [6.45, 7) is 5.02. The Morgan fingerprint density at radius 3 is 2.63 bits per heavy atom. The molecule has 7 heteroatoms. The van der Waals surface area contributed by atoms with E-state index in [9.17, 15) is 9.59 Å². The average Bonchev–Trinajstić information content (AvgIpc) is 3.70. The number of benzene rings is 1. The van der Waals surface area contributed by atoms with Crippen molar-refractivity contribution in [1.29, 1.82) is 0 Å². The smallest absolute Gasteiger partial charge is 0.254 e. The Labute approximate surface area is 210 Å². The molecule has 0 spiro atoms. The van der Waals surface area contributed by atoms with Gasteiger partial charge < -0.3 is 19.9 Å². The lowest BCUT2D eigenvalue weighted by Gasteiger charge is -2.34. The SMILES string of the molecule is COc1cccc(C(=O)N2CC(N(CC3CCCCC3)C3CC3)CC2C(=O)N2CCCNCC2)c1. The van der Waals surface area contributed by atoms with Crippen LogP contribution in [-0.2, 0) is 4.79 Å². The van der Waals surface area contributed by atoms with Gasteiger partial charge in [0.2, 0.25) is 5.91 Å². The zero-order valence-corrected chi connectivity index (χ0v) is 21.3. The number of likely N-dealkylation sites (tertiary alicyclic amines) is 1. The molecule has 1 aromatic carbocycles. The number of carbonyl (C=O) groups excluding carboxylic acids is 2. The van der Waals surface area contributed by atoms with Gasteiger partial charge in [0.25, 0.3) is 5.91 Å². The fourth-order valence-electron chi connectivity index (χ4n) is 6.38. The monoisotopic (exact) mass is 482 g/mol. The molecule has 4 aliphatic rings. The Morgan fingerprint density at radius 1 is 1.03 bits per heavy atom. The molecule has 5 rings (SSSR count). The molecule has 2 aliphatic heterocycles. The Balaban J connectivity index is 1.37. The molecule has 2 aliphatic carbocycles. The van der Waals surface area contributed by atoms with E-state index in [0.29, 0.717) is 23.9 Å². The molecule has 2 saturated heterocycles. The van der Waals surface area contributed by atoms with Crippen molar-refractivity contribution in [2.75, 3.05) is 46.4 Å². The predicted molar refractivity (Wildman–Crippen MR) is 137 cm³/mol.